The standard InChI is InChI=1S/C24H33N5O4/c1-4-16-9-8-12-19(13-16)33-15-18(30)14-29-20-21(27(2)24(32)28(3)22(20)31)26-23(29)25-17-10-6-5-7-11-17/h8-9,12-13,17-18,30H,4-7,10-11,14-15H2,1-3H3,(H,25,26). The number of rotatable bonds is 8. The Hall–Kier alpha value is -3.07. The second-order valence-electron chi connectivity index (χ2n) is 8.87. The van der Waals surface area contributed by atoms with Crippen LogP contribution in [0, 0.1) is 0 Å². The molecule has 0 radical (unpaired) electrons. The number of ether oxygens (including phenoxy) is 1. The molecule has 33 heavy (non-hydrogen) atoms. The Morgan fingerprint density at radius 3 is 2.67 bits per heavy atom. The number of aliphatic hydroxyl groups is 1. The average Bonchev–Trinajstić information content (AvgIpc) is 3.18. The van der Waals surface area contributed by atoms with Crippen LogP contribution in [-0.2, 0) is 27.1 Å². The fourth-order valence-electron chi connectivity index (χ4n) is 4.48. The van der Waals surface area contributed by atoms with E-state index in [2.05, 4.69) is 17.2 Å². The van der Waals surface area contributed by atoms with Crippen molar-refractivity contribution >= 4 is 17.1 Å². The minimum atomic E-state index is -0.874. The van der Waals surface area contributed by atoms with Crippen molar-refractivity contribution in [3.63, 3.8) is 0 Å². The molecule has 2 aromatic heterocycles. The highest BCUT2D eigenvalue weighted by Crippen LogP contribution is 2.24. The molecule has 0 amide bonds. The van der Waals surface area contributed by atoms with Gasteiger partial charge in [0.1, 0.15) is 18.5 Å². The van der Waals surface area contributed by atoms with Crippen molar-refractivity contribution in [2.45, 2.75) is 64.1 Å². The molecule has 1 saturated carbocycles. The molecule has 0 bridgehead atoms. The molecule has 1 aliphatic carbocycles. The lowest BCUT2D eigenvalue weighted by atomic mass is 9.96. The Bertz CT molecular complexity index is 1240. The number of hydrogen-bond donors (Lipinski definition) is 2. The summed E-state index contributed by atoms with van der Waals surface area (Å²) in [5.41, 5.74) is 0.906. The van der Waals surface area contributed by atoms with E-state index in [0.717, 1.165) is 42.2 Å². The van der Waals surface area contributed by atoms with Gasteiger partial charge in [0.15, 0.2) is 11.2 Å². The normalized spacial score (nSPS) is 15.6. The van der Waals surface area contributed by atoms with Gasteiger partial charge in [-0.25, -0.2) is 4.79 Å². The van der Waals surface area contributed by atoms with Crippen molar-refractivity contribution in [1.29, 1.82) is 0 Å². The fourth-order valence-corrected chi connectivity index (χ4v) is 4.48. The van der Waals surface area contributed by atoms with Crippen molar-refractivity contribution in [3.8, 4) is 5.75 Å². The van der Waals surface area contributed by atoms with E-state index in [4.69, 9.17) is 4.74 Å². The SMILES string of the molecule is CCc1cccc(OCC(O)Cn2c(NC3CCCCC3)nc3c2c(=O)n(C)c(=O)n3C)c1. The van der Waals surface area contributed by atoms with E-state index in [1.807, 2.05) is 24.3 Å². The maximum absolute atomic E-state index is 13.0. The zero-order valence-corrected chi connectivity index (χ0v) is 19.6. The van der Waals surface area contributed by atoms with Crippen LogP contribution in [0.15, 0.2) is 33.9 Å². The van der Waals surface area contributed by atoms with Crippen LogP contribution in [0.5, 0.6) is 5.75 Å². The van der Waals surface area contributed by atoms with Crippen LogP contribution in [0.2, 0.25) is 0 Å². The van der Waals surface area contributed by atoms with Gasteiger partial charge in [-0.2, -0.15) is 4.98 Å². The molecule has 0 aliphatic heterocycles. The summed E-state index contributed by atoms with van der Waals surface area (Å²) in [5.74, 6) is 1.20. The van der Waals surface area contributed by atoms with Crippen molar-refractivity contribution in [2.24, 2.45) is 14.1 Å². The van der Waals surface area contributed by atoms with Crippen molar-refractivity contribution in [3.05, 3.63) is 50.7 Å². The van der Waals surface area contributed by atoms with Gasteiger partial charge in [-0.15, -0.1) is 0 Å². The number of nitrogens with one attached hydrogen (secondary N) is 1. The number of benzene rings is 1. The third-order valence-electron chi connectivity index (χ3n) is 6.43. The third-order valence-corrected chi connectivity index (χ3v) is 6.43. The smallest absolute Gasteiger partial charge is 0.332 e. The predicted molar refractivity (Wildman–Crippen MR) is 128 cm³/mol. The van der Waals surface area contributed by atoms with E-state index in [0.29, 0.717) is 22.9 Å². The van der Waals surface area contributed by atoms with Gasteiger partial charge in [0.2, 0.25) is 5.95 Å². The summed E-state index contributed by atoms with van der Waals surface area (Å²) in [5, 5.41) is 14.3. The summed E-state index contributed by atoms with van der Waals surface area (Å²) in [6.07, 6.45) is 5.59. The fraction of sp³-hybridized carbons (Fsp3) is 0.542. The van der Waals surface area contributed by atoms with Crippen molar-refractivity contribution in [2.75, 3.05) is 11.9 Å². The summed E-state index contributed by atoms with van der Waals surface area (Å²) in [4.78, 5) is 30.1. The zero-order valence-electron chi connectivity index (χ0n) is 19.6. The summed E-state index contributed by atoms with van der Waals surface area (Å²) in [7, 11) is 3.06. The molecular formula is C24H33N5O4. The van der Waals surface area contributed by atoms with Crippen LogP contribution < -0.4 is 21.3 Å². The van der Waals surface area contributed by atoms with E-state index in [1.165, 1.54) is 18.0 Å². The van der Waals surface area contributed by atoms with Crippen LogP contribution in [-0.4, -0.2) is 42.5 Å². The second kappa shape index (κ2) is 9.82. The van der Waals surface area contributed by atoms with Crippen LogP contribution in [0.1, 0.15) is 44.6 Å². The number of imidazole rings is 1. The number of aromatic nitrogens is 4. The van der Waals surface area contributed by atoms with Crippen LogP contribution in [0.3, 0.4) is 0 Å². The van der Waals surface area contributed by atoms with Gasteiger partial charge < -0.3 is 19.7 Å². The van der Waals surface area contributed by atoms with Crippen molar-refractivity contribution < 1.29 is 9.84 Å². The highest BCUT2D eigenvalue weighted by atomic mass is 16.5. The minimum Gasteiger partial charge on any atom is -0.491 e. The molecule has 9 nitrogen and oxygen atoms in total. The van der Waals surface area contributed by atoms with Gasteiger partial charge in [0, 0.05) is 20.1 Å². The van der Waals surface area contributed by atoms with Gasteiger partial charge in [-0.05, 0) is 37.0 Å². The quantitative estimate of drug-likeness (QED) is 0.540. The molecule has 0 saturated heterocycles. The maximum atomic E-state index is 13.0. The molecule has 178 valence electrons. The largest absolute Gasteiger partial charge is 0.491 e. The molecule has 1 aliphatic rings. The van der Waals surface area contributed by atoms with Gasteiger partial charge in [0.05, 0.1) is 6.54 Å². The van der Waals surface area contributed by atoms with Gasteiger partial charge >= 0.3 is 5.69 Å². The molecule has 2 heterocycles. The molecule has 1 atom stereocenters. The summed E-state index contributed by atoms with van der Waals surface area (Å²) >= 11 is 0. The third kappa shape index (κ3) is 4.83. The highest BCUT2D eigenvalue weighted by Gasteiger charge is 2.23. The average molecular weight is 456 g/mol. The lowest BCUT2D eigenvalue weighted by molar-refractivity contribution is 0.0937. The first kappa shape index (κ1) is 23.1. The lowest BCUT2D eigenvalue weighted by Gasteiger charge is -2.24. The van der Waals surface area contributed by atoms with Crippen LogP contribution in [0.4, 0.5) is 5.95 Å². The number of nitrogens with zero attached hydrogens (tertiary/aromatic N) is 4. The molecule has 3 aromatic rings. The first-order valence-corrected chi connectivity index (χ1v) is 11.7. The first-order valence-electron chi connectivity index (χ1n) is 11.7. The number of aliphatic hydroxyl groups excluding tert-OH is 1. The Morgan fingerprint density at radius 2 is 1.94 bits per heavy atom. The summed E-state index contributed by atoms with van der Waals surface area (Å²) < 4.78 is 9.96. The zero-order chi connectivity index (χ0) is 23.5. The van der Waals surface area contributed by atoms with E-state index in [-0.39, 0.29) is 19.2 Å². The monoisotopic (exact) mass is 455 g/mol. The minimum absolute atomic E-state index is 0.0712. The topological polar surface area (TPSA) is 103 Å². The van der Waals surface area contributed by atoms with Gasteiger partial charge in [-0.3, -0.25) is 13.9 Å². The summed E-state index contributed by atoms with van der Waals surface area (Å²) in [6.45, 7) is 2.26. The van der Waals surface area contributed by atoms with Gasteiger partial charge in [0.25, 0.3) is 5.56 Å². The molecule has 1 fully saturated rings. The van der Waals surface area contributed by atoms with Crippen LogP contribution >= 0.6 is 0 Å². The summed E-state index contributed by atoms with van der Waals surface area (Å²) in [6, 6.07) is 8.03. The Labute approximate surface area is 192 Å². The maximum Gasteiger partial charge on any atom is 0.332 e. The number of fused-ring (bicyclic) bond motifs is 1. The predicted octanol–water partition coefficient (Wildman–Crippen LogP) is 2.18. The number of aryl methyl sites for hydroxylation is 2. The molecule has 4 rings (SSSR count). The molecule has 9 heteroatoms. The Balaban J connectivity index is 1.64. The van der Waals surface area contributed by atoms with Gasteiger partial charge in [-0.1, -0.05) is 38.3 Å². The lowest BCUT2D eigenvalue weighted by Crippen LogP contribution is -2.38. The van der Waals surface area contributed by atoms with E-state index in [9.17, 15) is 14.7 Å². The van der Waals surface area contributed by atoms with Crippen LogP contribution in [0.25, 0.3) is 11.2 Å². The van der Waals surface area contributed by atoms with E-state index >= 15 is 0 Å². The van der Waals surface area contributed by atoms with E-state index < -0.39 is 17.4 Å². The number of hydrogen-bond acceptors (Lipinski definition) is 6. The molecule has 0 spiro atoms. The highest BCUT2D eigenvalue weighted by molar-refractivity contribution is 5.74. The Morgan fingerprint density at radius 1 is 1.18 bits per heavy atom. The molecule has 1 unspecified atom stereocenters. The van der Waals surface area contributed by atoms with E-state index in [1.54, 1.807) is 11.6 Å². The molecule has 2 N–H and O–H groups in total. The first-order chi connectivity index (χ1) is 15.9. The molecular weight excluding hydrogens is 422 g/mol. The Kier molecular flexibility index (Phi) is 6.88. The second-order valence-corrected chi connectivity index (χ2v) is 8.87. The number of anilines is 1. The van der Waals surface area contributed by atoms with Crippen molar-refractivity contribution in [1.82, 2.24) is 18.7 Å². The molecule has 1 aromatic carbocycles.